The number of rotatable bonds is 8. The van der Waals surface area contributed by atoms with Gasteiger partial charge in [-0.25, -0.2) is 0 Å². The van der Waals surface area contributed by atoms with Crippen molar-refractivity contribution in [3.63, 3.8) is 0 Å². The van der Waals surface area contributed by atoms with Gasteiger partial charge in [0.05, 0.1) is 0 Å². The monoisotopic (exact) mass is 375 g/mol. The Balaban J connectivity index is 2.78. The van der Waals surface area contributed by atoms with E-state index in [-0.39, 0.29) is 39.3 Å². The Hall–Kier alpha value is -0.991. The van der Waals surface area contributed by atoms with E-state index in [9.17, 15) is 9.59 Å². The standard InChI is InChI=1S/C13H13NO2Se2/c1-3-5-17-12(15)10-7-11(9-14-8-10)13(16)18-6-4-2/h3-4,7-9H,1-2,5-6H2. The van der Waals surface area contributed by atoms with Crippen LogP contribution < -0.4 is 0 Å². The van der Waals surface area contributed by atoms with Crippen molar-refractivity contribution in [3.05, 3.63) is 54.9 Å². The number of aromatic nitrogens is 1. The van der Waals surface area contributed by atoms with Crippen LogP contribution in [-0.2, 0) is 0 Å². The summed E-state index contributed by atoms with van der Waals surface area (Å²) in [6.45, 7) is 7.19. The van der Waals surface area contributed by atoms with E-state index in [2.05, 4.69) is 18.1 Å². The van der Waals surface area contributed by atoms with E-state index in [1.54, 1.807) is 18.2 Å². The molecule has 0 amide bonds. The molecule has 1 aromatic heterocycles. The summed E-state index contributed by atoms with van der Waals surface area (Å²) in [4.78, 5) is 27.6. The molecular weight excluding hydrogens is 360 g/mol. The molecule has 18 heavy (non-hydrogen) atoms. The fourth-order valence-electron chi connectivity index (χ4n) is 1.10. The summed E-state index contributed by atoms with van der Waals surface area (Å²) in [6, 6.07) is 1.65. The van der Waals surface area contributed by atoms with Crippen molar-refractivity contribution in [2.24, 2.45) is 0 Å². The maximum absolute atomic E-state index is 11.8. The zero-order valence-corrected chi connectivity index (χ0v) is 13.2. The minimum atomic E-state index is -0.155. The van der Waals surface area contributed by atoms with Crippen LogP contribution in [0.5, 0.6) is 0 Å². The van der Waals surface area contributed by atoms with Crippen LogP contribution in [0.25, 0.3) is 0 Å². The second-order valence-electron chi connectivity index (χ2n) is 3.24. The number of nitrogens with zero attached hydrogens (tertiary/aromatic N) is 1. The number of allylic oxidation sites excluding steroid dienone is 2. The molecule has 1 aromatic rings. The Labute approximate surface area is 119 Å². The molecule has 0 unspecified atom stereocenters. The zero-order valence-electron chi connectivity index (χ0n) is 9.80. The van der Waals surface area contributed by atoms with Crippen LogP contribution in [0.4, 0.5) is 0 Å². The van der Waals surface area contributed by atoms with Gasteiger partial charge in [0.1, 0.15) is 0 Å². The number of carbonyl (C=O) groups is 2. The van der Waals surface area contributed by atoms with Crippen LogP contribution in [-0.4, -0.2) is 44.3 Å². The molecule has 94 valence electrons. The topological polar surface area (TPSA) is 47.0 Å². The van der Waals surface area contributed by atoms with Gasteiger partial charge in [-0.15, -0.1) is 0 Å². The molecule has 0 saturated heterocycles. The third kappa shape index (κ3) is 4.71. The van der Waals surface area contributed by atoms with Gasteiger partial charge in [0, 0.05) is 0 Å². The zero-order chi connectivity index (χ0) is 13.4. The van der Waals surface area contributed by atoms with Gasteiger partial charge in [-0.1, -0.05) is 0 Å². The SMILES string of the molecule is C=CC[Se]C(=O)c1cncc(C(=O)[Se]CC=C)c1. The average Bonchev–Trinajstić information content (AvgIpc) is 2.42. The third-order valence-corrected chi connectivity index (χ3v) is 5.65. The van der Waals surface area contributed by atoms with Gasteiger partial charge in [0.15, 0.2) is 0 Å². The van der Waals surface area contributed by atoms with Crippen molar-refractivity contribution in [1.82, 2.24) is 4.98 Å². The molecule has 0 saturated carbocycles. The first-order valence-electron chi connectivity index (χ1n) is 5.20. The normalized spacial score (nSPS) is 9.78. The summed E-state index contributed by atoms with van der Waals surface area (Å²) in [7, 11) is 0. The minimum absolute atomic E-state index is 0.0563. The molecule has 0 atom stereocenters. The summed E-state index contributed by atoms with van der Waals surface area (Å²) in [6.07, 6.45) is 6.50. The Morgan fingerprint density at radius 2 is 1.50 bits per heavy atom. The molecule has 0 N–H and O–H groups in total. The first-order valence-corrected chi connectivity index (χ1v) is 9.33. The van der Waals surface area contributed by atoms with Crippen LogP contribution in [0.3, 0.4) is 0 Å². The number of hydrogen-bond acceptors (Lipinski definition) is 3. The van der Waals surface area contributed by atoms with Crippen LogP contribution in [0.15, 0.2) is 43.8 Å². The Bertz CT molecular complexity index is 433. The number of pyridine rings is 1. The average molecular weight is 373 g/mol. The summed E-state index contributed by atoms with van der Waals surface area (Å²) in [5, 5.41) is 1.40. The van der Waals surface area contributed by atoms with Crippen molar-refractivity contribution in [2.45, 2.75) is 10.6 Å². The van der Waals surface area contributed by atoms with Crippen LogP contribution in [0.2, 0.25) is 10.6 Å². The molecule has 0 aliphatic rings. The van der Waals surface area contributed by atoms with Crippen LogP contribution in [0, 0.1) is 0 Å². The second-order valence-corrected chi connectivity index (χ2v) is 7.40. The fourth-order valence-corrected chi connectivity index (χ4v) is 3.40. The molecule has 0 bridgehead atoms. The van der Waals surface area contributed by atoms with Crippen molar-refractivity contribution >= 4 is 39.3 Å². The molecule has 1 heterocycles. The summed E-state index contributed by atoms with van der Waals surface area (Å²) in [5.74, 6) is 0. The van der Waals surface area contributed by atoms with Gasteiger partial charge in [0.25, 0.3) is 0 Å². The number of hydrogen-bond donors (Lipinski definition) is 0. The van der Waals surface area contributed by atoms with E-state index < -0.39 is 0 Å². The van der Waals surface area contributed by atoms with Gasteiger partial charge in [-0.3, -0.25) is 0 Å². The molecule has 1 rings (SSSR count). The van der Waals surface area contributed by atoms with Crippen LogP contribution >= 0.6 is 0 Å². The second kappa shape index (κ2) is 8.17. The van der Waals surface area contributed by atoms with E-state index in [1.165, 1.54) is 12.4 Å². The Morgan fingerprint density at radius 1 is 1.06 bits per heavy atom. The quantitative estimate of drug-likeness (QED) is 0.517. The molecule has 3 nitrogen and oxygen atoms in total. The van der Waals surface area contributed by atoms with Crippen LogP contribution in [0.1, 0.15) is 20.7 Å². The summed E-state index contributed by atoms with van der Waals surface area (Å²) >= 11 is -0.311. The predicted octanol–water partition coefficient (Wildman–Crippen LogP) is 1.98. The Morgan fingerprint density at radius 3 is 1.89 bits per heavy atom. The van der Waals surface area contributed by atoms with E-state index in [4.69, 9.17) is 0 Å². The molecule has 0 radical (unpaired) electrons. The van der Waals surface area contributed by atoms with Gasteiger partial charge in [0.2, 0.25) is 0 Å². The van der Waals surface area contributed by atoms with Gasteiger partial charge < -0.3 is 0 Å². The van der Waals surface area contributed by atoms with Crippen molar-refractivity contribution in [1.29, 1.82) is 0 Å². The molecule has 0 aliphatic heterocycles. The first kappa shape index (κ1) is 15.1. The summed E-state index contributed by atoms with van der Waals surface area (Å²) in [5.41, 5.74) is 1.05. The molecule has 0 aliphatic carbocycles. The molecule has 5 heteroatoms. The maximum atomic E-state index is 11.8. The Kier molecular flexibility index (Phi) is 6.84. The van der Waals surface area contributed by atoms with E-state index in [1.807, 2.05) is 0 Å². The van der Waals surface area contributed by atoms with Crippen molar-refractivity contribution in [2.75, 3.05) is 0 Å². The van der Waals surface area contributed by atoms with Crippen molar-refractivity contribution < 1.29 is 9.59 Å². The molecule has 0 spiro atoms. The third-order valence-electron chi connectivity index (χ3n) is 1.87. The summed E-state index contributed by atoms with van der Waals surface area (Å²) < 4.78 is 0.113. The molecule has 0 aromatic carbocycles. The van der Waals surface area contributed by atoms with Crippen molar-refractivity contribution in [3.8, 4) is 0 Å². The van der Waals surface area contributed by atoms with Gasteiger partial charge >= 0.3 is 119 Å². The first-order chi connectivity index (χ1) is 8.69. The van der Waals surface area contributed by atoms with Gasteiger partial charge in [-0.05, 0) is 0 Å². The fraction of sp³-hybridized carbons (Fsp3) is 0.154. The molecule has 0 fully saturated rings. The van der Waals surface area contributed by atoms with E-state index in [0.717, 1.165) is 0 Å². The van der Waals surface area contributed by atoms with Gasteiger partial charge in [-0.2, -0.15) is 0 Å². The van der Waals surface area contributed by atoms with E-state index in [0.29, 0.717) is 21.8 Å². The van der Waals surface area contributed by atoms with E-state index >= 15 is 0 Å². The predicted molar refractivity (Wildman–Crippen MR) is 74.4 cm³/mol. The number of carbonyl (C=O) groups excluding carboxylic acids is 2. The molecular formula is C13H13NO2Se2.